The van der Waals surface area contributed by atoms with Gasteiger partial charge in [-0.05, 0) is 33.4 Å². The van der Waals surface area contributed by atoms with E-state index in [0.717, 1.165) is 45.7 Å². The second-order valence-electron chi connectivity index (χ2n) is 5.58. The van der Waals surface area contributed by atoms with E-state index in [2.05, 4.69) is 42.0 Å². The Morgan fingerprint density at radius 3 is 2.61 bits per heavy atom. The number of nitrogens with one attached hydrogen (secondary N) is 1. The first-order valence-electron chi connectivity index (χ1n) is 7.17. The molecule has 0 radical (unpaired) electrons. The highest BCUT2D eigenvalue weighted by atomic mass is 15.3. The monoisotopic (exact) mass is 252 g/mol. The van der Waals surface area contributed by atoms with Gasteiger partial charge in [-0.1, -0.05) is 13.8 Å². The molecule has 0 spiro atoms. The van der Waals surface area contributed by atoms with Crippen molar-refractivity contribution in [3.05, 3.63) is 0 Å². The summed E-state index contributed by atoms with van der Waals surface area (Å²) in [6.45, 7) is 14.8. The average Bonchev–Trinajstić information content (AvgIpc) is 2.37. The smallest absolute Gasteiger partial charge is 0.116 e. The van der Waals surface area contributed by atoms with Crippen LogP contribution in [0.2, 0.25) is 0 Å². The van der Waals surface area contributed by atoms with Crippen LogP contribution in [-0.2, 0) is 0 Å². The molecule has 4 nitrogen and oxygen atoms in total. The molecule has 1 saturated heterocycles. The third-order valence-corrected chi connectivity index (χ3v) is 3.81. The van der Waals surface area contributed by atoms with Crippen molar-refractivity contribution in [2.75, 3.05) is 39.3 Å². The fourth-order valence-electron chi connectivity index (χ4n) is 2.66. The summed E-state index contributed by atoms with van der Waals surface area (Å²) in [6.07, 6.45) is 1.07. The van der Waals surface area contributed by atoms with Crippen molar-refractivity contribution in [2.45, 2.75) is 45.7 Å². The van der Waals surface area contributed by atoms with Crippen LogP contribution in [0.15, 0.2) is 0 Å². The highest BCUT2D eigenvalue weighted by Crippen LogP contribution is 2.13. The maximum atomic E-state index is 9.36. The first-order chi connectivity index (χ1) is 8.54. The summed E-state index contributed by atoms with van der Waals surface area (Å²) < 4.78 is 0. The van der Waals surface area contributed by atoms with Gasteiger partial charge in [0.25, 0.3) is 0 Å². The molecule has 0 bridgehead atoms. The van der Waals surface area contributed by atoms with Crippen LogP contribution in [0.1, 0.15) is 34.1 Å². The van der Waals surface area contributed by atoms with Crippen LogP contribution in [0, 0.1) is 11.3 Å². The van der Waals surface area contributed by atoms with Crippen LogP contribution in [0.4, 0.5) is 0 Å². The van der Waals surface area contributed by atoms with Crippen molar-refractivity contribution >= 4 is 0 Å². The molecule has 0 aromatic carbocycles. The quantitative estimate of drug-likeness (QED) is 0.773. The first-order valence-corrected chi connectivity index (χ1v) is 7.17. The van der Waals surface area contributed by atoms with Crippen molar-refractivity contribution in [3.63, 3.8) is 0 Å². The molecule has 0 aromatic heterocycles. The van der Waals surface area contributed by atoms with Gasteiger partial charge < -0.3 is 0 Å². The summed E-state index contributed by atoms with van der Waals surface area (Å²) in [4.78, 5) is 4.92. The number of nitriles is 1. The molecule has 1 aliphatic rings. The van der Waals surface area contributed by atoms with E-state index >= 15 is 0 Å². The fourth-order valence-corrected chi connectivity index (χ4v) is 2.66. The number of piperazine rings is 1. The van der Waals surface area contributed by atoms with Crippen molar-refractivity contribution in [3.8, 4) is 6.07 Å². The van der Waals surface area contributed by atoms with Crippen LogP contribution in [0.3, 0.4) is 0 Å². The fraction of sp³-hybridized carbons (Fsp3) is 0.929. The van der Waals surface area contributed by atoms with Crippen molar-refractivity contribution in [1.82, 2.24) is 15.1 Å². The Labute approximate surface area is 112 Å². The Balaban J connectivity index is 2.49. The Kier molecular flexibility index (Phi) is 6.07. The van der Waals surface area contributed by atoms with Gasteiger partial charge in [0.05, 0.1) is 6.07 Å². The third kappa shape index (κ3) is 4.24. The van der Waals surface area contributed by atoms with Gasteiger partial charge in [0.1, 0.15) is 5.54 Å². The predicted octanol–water partition coefficient (Wildman–Crippen LogP) is 1.29. The Hall–Kier alpha value is -0.630. The molecule has 1 aliphatic heterocycles. The average molecular weight is 252 g/mol. The van der Waals surface area contributed by atoms with Crippen LogP contribution >= 0.6 is 0 Å². The molecular weight excluding hydrogens is 224 g/mol. The maximum Gasteiger partial charge on any atom is 0.116 e. The summed E-state index contributed by atoms with van der Waals surface area (Å²) >= 11 is 0. The summed E-state index contributed by atoms with van der Waals surface area (Å²) in [5.74, 6) is 0. The van der Waals surface area contributed by atoms with E-state index in [1.54, 1.807) is 0 Å². The summed E-state index contributed by atoms with van der Waals surface area (Å²) in [6, 6.07) is 3.03. The molecule has 2 atom stereocenters. The lowest BCUT2D eigenvalue weighted by molar-refractivity contribution is 0.0758. The zero-order valence-electron chi connectivity index (χ0n) is 12.4. The molecule has 1 rings (SSSR count). The SMILES string of the molecule is CCCNC(C)(C#N)CN1CCN(CC)C(C)C1. The number of hydrogen-bond donors (Lipinski definition) is 1. The van der Waals surface area contributed by atoms with E-state index in [9.17, 15) is 5.26 Å². The first kappa shape index (κ1) is 15.4. The molecule has 0 aliphatic carbocycles. The van der Waals surface area contributed by atoms with E-state index in [4.69, 9.17) is 0 Å². The minimum atomic E-state index is -0.413. The van der Waals surface area contributed by atoms with Gasteiger partial charge in [0.15, 0.2) is 0 Å². The molecule has 4 heteroatoms. The van der Waals surface area contributed by atoms with Gasteiger partial charge in [-0.15, -0.1) is 0 Å². The van der Waals surface area contributed by atoms with E-state index in [1.165, 1.54) is 0 Å². The van der Waals surface area contributed by atoms with Gasteiger partial charge in [0, 0.05) is 32.2 Å². The molecule has 18 heavy (non-hydrogen) atoms. The van der Waals surface area contributed by atoms with Gasteiger partial charge in [0.2, 0.25) is 0 Å². The van der Waals surface area contributed by atoms with Crippen LogP contribution < -0.4 is 5.32 Å². The predicted molar refractivity (Wildman–Crippen MR) is 75.5 cm³/mol. The normalized spacial score (nSPS) is 25.6. The lowest BCUT2D eigenvalue weighted by atomic mass is 10.0. The minimum absolute atomic E-state index is 0.413. The molecule has 0 amide bonds. The van der Waals surface area contributed by atoms with Gasteiger partial charge in [-0.25, -0.2) is 0 Å². The van der Waals surface area contributed by atoms with Crippen molar-refractivity contribution in [1.29, 1.82) is 5.26 Å². The van der Waals surface area contributed by atoms with E-state index in [0.29, 0.717) is 6.04 Å². The number of hydrogen-bond acceptors (Lipinski definition) is 4. The lowest BCUT2D eigenvalue weighted by Gasteiger charge is -2.41. The largest absolute Gasteiger partial charge is 0.299 e. The zero-order chi connectivity index (χ0) is 13.6. The summed E-state index contributed by atoms with van der Waals surface area (Å²) in [7, 11) is 0. The maximum absolute atomic E-state index is 9.36. The molecule has 1 fully saturated rings. The zero-order valence-corrected chi connectivity index (χ0v) is 12.4. The number of nitrogens with zero attached hydrogens (tertiary/aromatic N) is 3. The van der Waals surface area contributed by atoms with Crippen molar-refractivity contribution < 1.29 is 0 Å². The Bertz CT molecular complexity index is 286. The lowest BCUT2D eigenvalue weighted by Crippen LogP contribution is -2.57. The molecular formula is C14H28N4. The Morgan fingerprint density at radius 2 is 2.11 bits per heavy atom. The van der Waals surface area contributed by atoms with Gasteiger partial charge >= 0.3 is 0 Å². The summed E-state index contributed by atoms with van der Waals surface area (Å²) in [5, 5.41) is 12.7. The van der Waals surface area contributed by atoms with Crippen molar-refractivity contribution in [2.24, 2.45) is 0 Å². The van der Waals surface area contributed by atoms with Crippen LogP contribution in [0.25, 0.3) is 0 Å². The number of likely N-dealkylation sites (N-methyl/N-ethyl adjacent to an activating group) is 1. The topological polar surface area (TPSA) is 42.3 Å². The molecule has 0 saturated carbocycles. The van der Waals surface area contributed by atoms with E-state index in [1.807, 2.05) is 6.92 Å². The van der Waals surface area contributed by atoms with Crippen LogP contribution in [-0.4, -0.2) is 60.6 Å². The third-order valence-electron chi connectivity index (χ3n) is 3.81. The highest BCUT2D eigenvalue weighted by molar-refractivity contribution is 5.06. The molecule has 1 heterocycles. The van der Waals surface area contributed by atoms with Crippen LogP contribution in [0.5, 0.6) is 0 Å². The molecule has 1 N–H and O–H groups in total. The van der Waals surface area contributed by atoms with Gasteiger partial charge in [-0.2, -0.15) is 5.26 Å². The van der Waals surface area contributed by atoms with E-state index in [-0.39, 0.29) is 0 Å². The van der Waals surface area contributed by atoms with E-state index < -0.39 is 5.54 Å². The standard InChI is InChI=1S/C14H28N4/c1-5-7-16-14(4,11-15)12-17-8-9-18(6-2)13(3)10-17/h13,16H,5-10,12H2,1-4H3. The second-order valence-corrected chi connectivity index (χ2v) is 5.58. The Morgan fingerprint density at radius 1 is 1.39 bits per heavy atom. The minimum Gasteiger partial charge on any atom is -0.299 e. The molecule has 104 valence electrons. The molecule has 2 unspecified atom stereocenters. The highest BCUT2D eigenvalue weighted by Gasteiger charge is 2.30. The molecule has 0 aromatic rings. The number of rotatable bonds is 6. The van der Waals surface area contributed by atoms with Gasteiger partial charge in [-0.3, -0.25) is 15.1 Å². The second kappa shape index (κ2) is 7.08. The summed E-state index contributed by atoms with van der Waals surface area (Å²) in [5.41, 5.74) is -0.413.